The van der Waals surface area contributed by atoms with Crippen LogP contribution in [0.3, 0.4) is 0 Å². The summed E-state index contributed by atoms with van der Waals surface area (Å²) in [5, 5.41) is 12.6. The molecule has 136 valence electrons. The van der Waals surface area contributed by atoms with E-state index < -0.39 is 0 Å². The molecule has 0 spiro atoms. The van der Waals surface area contributed by atoms with E-state index >= 15 is 0 Å². The largest absolute Gasteiger partial charge is 0.404 e. The van der Waals surface area contributed by atoms with Crippen LogP contribution in [0.4, 0.5) is 5.82 Å². The van der Waals surface area contributed by atoms with Crippen molar-refractivity contribution in [1.29, 1.82) is 0 Å². The number of rotatable bonds is 6. The number of allylic oxidation sites excluding steroid dienone is 1. The second kappa shape index (κ2) is 9.17. The summed E-state index contributed by atoms with van der Waals surface area (Å²) in [6.45, 7) is -0.0835. The minimum atomic E-state index is -0.332. The van der Waals surface area contributed by atoms with E-state index in [0.717, 1.165) is 25.7 Å². The maximum Gasteiger partial charge on any atom is 0.255 e. The van der Waals surface area contributed by atoms with Gasteiger partial charge in [-0.2, -0.15) is 0 Å². The Kier molecular flexibility index (Phi) is 6.94. The van der Waals surface area contributed by atoms with E-state index in [9.17, 15) is 9.90 Å². The highest BCUT2D eigenvalue weighted by molar-refractivity contribution is 6.10. The van der Waals surface area contributed by atoms with Crippen LogP contribution in [-0.2, 0) is 0 Å². The summed E-state index contributed by atoms with van der Waals surface area (Å²) >= 11 is 0. The maximum atomic E-state index is 12.7. The Morgan fingerprint density at radius 2 is 2.20 bits per heavy atom. The van der Waals surface area contributed by atoms with Crippen LogP contribution in [0.25, 0.3) is 5.57 Å². The molecule has 1 aromatic rings. The highest BCUT2D eigenvalue weighted by Gasteiger charge is 2.25. The number of nitrogens with one attached hydrogen (secondary N) is 1. The van der Waals surface area contributed by atoms with Gasteiger partial charge in [0.05, 0.1) is 18.2 Å². The molecule has 1 atom stereocenters. The van der Waals surface area contributed by atoms with Crippen LogP contribution in [0.2, 0.25) is 0 Å². The SMILES string of the molecule is CN=CC(=CN)c1cnc(N)c(C(=O)NC(CO)C2CCCCC2)c1. The number of aromatic nitrogens is 1. The summed E-state index contributed by atoms with van der Waals surface area (Å²) < 4.78 is 0. The molecule has 1 unspecified atom stereocenters. The van der Waals surface area contributed by atoms with Crippen molar-refractivity contribution in [1.82, 2.24) is 10.3 Å². The molecule has 0 saturated heterocycles. The Morgan fingerprint density at radius 1 is 1.48 bits per heavy atom. The van der Waals surface area contributed by atoms with Gasteiger partial charge < -0.3 is 21.9 Å². The summed E-state index contributed by atoms with van der Waals surface area (Å²) in [4.78, 5) is 20.7. The molecule has 1 amide bonds. The van der Waals surface area contributed by atoms with E-state index in [4.69, 9.17) is 11.5 Å². The van der Waals surface area contributed by atoms with Crippen LogP contribution in [0.5, 0.6) is 0 Å². The van der Waals surface area contributed by atoms with Crippen molar-refractivity contribution in [2.75, 3.05) is 19.4 Å². The zero-order chi connectivity index (χ0) is 18.2. The van der Waals surface area contributed by atoms with Crippen LogP contribution >= 0.6 is 0 Å². The Hall–Kier alpha value is -2.41. The van der Waals surface area contributed by atoms with Crippen molar-refractivity contribution in [2.24, 2.45) is 16.6 Å². The molecule has 2 rings (SSSR count). The topological polar surface area (TPSA) is 127 Å². The zero-order valence-electron chi connectivity index (χ0n) is 14.6. The van der Waals surface area contributed by atoms with Crippen molar-refractivity contribution in [2.45, 2.75) is 38.1 Å². The molecule has 7 heteroatoms. The number of amides is 1. The quantitative estimate of drug-likeness (QED) is 0.579. The summed E-state index contributed by atoms with van der Waals surface area (Å²) in [6, 6.07) is 1.38. The molecule has 25 heavy (non-hydrogen) atoms. The molecule has 0 aliphatic heterocycles. The first kappa shape index (κ1) is 18.9. The van der Waals surface area contributed by atoms with E-state index in [-0.39, 0.29) is 29.9 Å². The molecule has 7 nitrogen and oxygen atoms in total. The molecule has 0 aromatic carbocycles. The number of aliphatic hydroxyl groups excluding tert-OH is 1. The van der Waals surface area contributed by atoms with Crippen molar-refractivity contribution in [3.8, 4) is 0 Å². The summed E-state index contributed by atoms with van der Waals surface area (Å²) in [7, 11) is 1.64. The number of carbonyl (C=O) groups is 1. The van der Waals surface area contributed by atoms with E-state index in [1.54, 1.807) is 25.5 Å². The number of anilines is 1. The number of nitrogens with two attached hydrogens (primary N) is 2. The number of hydrogen-bond acceptors (Lipinski definition) is 6. The third-order valence-electron chi connectivity index (χ3n) is 4.68. The van der Waals surface area contributed by atoms with E-state index in [0.29, 0.717) is 17.1 Å². The van der Waals surface area contributed by atoms with Gasteiger partial charge in [-0.1, -0.05) is 19.3 Å². The third-order valence-corrected chi connectivity index (χ3v) is 4.68. The predicted molar refractivity (Wildman–Crippen MR) is 100 cm³/mol. The molecule has 1 heterocycles. The van der Waals surface area contributed by atoms with Gasteiger partial charge in [0.2, 0.25) is 0 Å². The van der Waals surface area contributed by atoms with Gasteiger partial charge in [-0.05, 0) is 24.8 Å². The van der Waals surface area contributed by atoms with Gasteiger partial charge in [-0.15, -0.1) is 0 Å². The molecule has 1 aliphatic carbocycles. The van der Waals surface area contributed by atoms with E-state index in [1.165, 1.54) is 12.6 Å². The number of carbonyl (C=O) groups excluding carboxylic acids is 1. The lowest BCUT2D eigenvalue weighted by atomic mass is 9.84. The van der Waals surface area contributed by atoms with Gasteiger partial charge in [0.1, 0.15) is 5.82 Å². The average Bonchev–Trinajstić information content (AvgIpc) is 2.65. The first-order valence-corrected chi connectivity index (χ1v) is 8.62. The molecule has 1 fully saturated rings. The fraction of sp³-hybridized carbons (Fsp3) is 0.500. The summed E-state index contributed by atoms with van der Waals surface area (Å²) in [5.74, 6) is 0.111. The lowest BCUT2D eigenvalue weighted by Crippen LogP contribution is -2.43. The molecule has 6 N–H and O–H groups in total. The first-order chi connectivity index (χ1) is 12.1. The van der Waals surface area contributed by atoms with E-state index in [2.05, 4.69) is 15.3 Å². The number of aliphatic hydroxyl groups is 1. The molecule has 1 aromatic heterocycles. The molecule has 1 aliphatic rings. The van der Waals surface area contributed by atoms with Crippen molar-refractivity contribution in [3.05, 3.63) is 29.6 Å². The van der Waals surface area contributed by atoms with Gasteiger partial charge >= 0.3 is 0 Å². The second-order valence-electron chi connectivity index (χ2n) is 6.33. The van der Waals surface area contributed by atoms with Crippen LogP contribution in [-0.4, -0.2) is 41.9 Å². The number of aliphatic imine (C=N–C) groups is 1. The molecule has 0 bridgehead atoms. The fourth-order valence-corrected chi connectivity index (χ4v) is 3.26. The second-order valence-corrected chi connectivity index (χ2v) is 6.33. The Morgan fingerprint density at radius 3 is 2.80 bits per heavy atom. The van der Waals surface area contributed by atoms with Gasteiger partial charge in [-0.3, -0.25) is 9.79 Å². The highest BCUT2D eigenvalue weighted by atomic mass is 16.3. The average molecular weight is 345 g/mol. The van der Waals surface area contributed by atoms with Gasteiger partial charge in [-0.25, -0.2) is 4.98 Å². The minimum absolute atomic E-state index is 0.0835. The molecular weight excluding hydrogens is 318 g/mol. The standard InChI is InChI=1S/C18H27N5O2/c1-21-9-14(8-19)13-7-15(17(20)22-10-13)18(25)23-16(11-24)12-5-3-2-4-6-12/h7-10,12,16,24H,2-6,11,19H2,1H3,(H2,20,22)(H,23,25). The molecule has 1 saturated carbocycles. The number of nitrogen functional groups attached to an aromatic ring is 1. The highest BCUT2D eigenvalue weighted by Crippen LogP contribution is 2.27. The fourth-order valence-electron chi connectivity index (χ4n) is 3.26. The Labute approximate surface area is 148 Å². The van der Waals surface area contributed by atoms with Gasteiger partial charge in [0.15, 0.2) is 0 Å². The van der Waals surface area contributed by atoms with Crippen LogP contribution in [0.1, 0.15) is 48.0 Å². The van der Waals surface area contributed by atoms with Crippen molar-refractivity contribution < 1.29 is 9.90 Å². The van der Waals surface area contributed by atoms with Crippen molar-refractivity contribution in [3.63, 3.8) is 0 Å². The van der Waals surface area contributed by atoms with Gasteiger partial charge in [0.25, 0.3) is 5.91 Å². The zero-order valence-corrected chi connectivity index (χ0v) is 14.6. The van der Waals surface area contributed by atoms with E-state index in [1.807, 2.05) is 0 Å². The van der Waals surface area contributed by atoms with Crippen molar-refractivity contribution >= 4 is 23.5 Å². The summed E-state index contributed by atoms with van der Waals surface area (Å²) in [5.41, 5.74) is 13.1. The summed E-state index contributed by atoms with van der Waals surface area (Å²) in [6.07, 6.45) is 10.1. The normalized spacial score (nSPS) is 17.6. The Balaban J connectivity index is 2.19. The van der Waals surface area contributed by atoms with Crippen LogP contribution in [0.15, 0.2) is 23.5 Å². The number of hydrogen-bond donors (Lipinski definition) is 4. The smallest absolute Gasteiger partial charge is 0.255 e. The lowest BCUT2D eigenvalue weighted by molar-refractivity contribution is 0.0871. The first-order valence-electron chi connectivity index (χ1n) is 8.62. The van der Waals surface area contributed by atoms with Gasteiger partial charge in [0, 0.05) is 36.8 Å². The monoisotopic (exact) mass is 345 g/mol. The molecular formula is C18H27N5O2. The van der Waals surface area contributed by atoms with Crippen LogP contribution < -0.4 is 16.8 Å². The molecule has 0 radical (unpaired) electrons. The predicted octanol–water partition coefficient (Wildman–Crippen LogP) is 1.33. The third kappa shape index (κ3) is 4.79. The van der Waals surface area contributed by atoms with Crippen LogP contribution in [0, 0.1) is 5.92 Å². The lowest BCUT2D eigenvalue weighted by Gasteiger charge is -2.29. The minimum Gasteiger partial charge on any atom is -0.404 e. The maximum absolute atomic E-state index is 12.7. The number of nitrogens with zero attached hydrogens (tertiary/aromatic N) is 2. The number of pyridine rings is 1. The Bertz CT molecular complexity index is 651.